The standard InChI is InChI=1S/C26H23F2N3O2/c1-17-25(18(2)31(30-17)16-33-23-14-13-21(27)15-22(23)28)29-26(32)24(19-9-5-3-6-10-19)20-11-7-4-8-12-20/h3-15,24H,16H2,1-2H3,(H,29,32). The van der Waals surface area contributed by atoms with Crippen molar-refractivity contribution < 1.29 is 18.3 Å². The van der Waals surface area contributed by atoms with E-state index in [1.54, 1.807) is 13.8 Å². The van der Waals surface area contributed by atoms with Crippen molar-refractivity contribution in [3.63, 3.8) is 0 Å². The number of aromatic nitrogens is 2. The summed E-state index contributed by atoms with van der Waals surface area (Å²) < 4.78 is 34.0. The van der Waals surface area contributed by atoms with E-state index in [2.05, 4.69) is 10.4 Å². The lowest BCUT2D eigenvalue weighted by molar-refractivity contribution is -0.116. The number of amides is 1. The zero-order valence-electron chi connectivity index (χ0n) is 18.3. The molecular weight excluding hydrogens is 424 g/mol. The van der Waals surface area contributed by atoms with E-state index in [0.717, 1.165) is 23.3 Å². The third-order valence-electron chi connectivity index (χ3n) is 5.39. The first-order valence-electron chi connectivity index (χ1n) is 10.5. The molecule has 0 unspecified atom stereocenters. The smallest absolute Gasteiger partial charge is 0.236 e. The van der Waals surface area contributed by atoms with Gasteiger partial charge < -0.3 is 10.1 Å². The molecule has 4 rings (SSSR count). The summed E-state index contributed by atoms with van der Waals surface area (Å²) in [7, 11) is 0. The summed E-state index contributed by atoms with van der Waals surface area (Å²) in [5.41, 5.74) is 3.57. The van der Waals surface area contributed by atoms with Gasteiger partial charge in [0, 0.05) is 6.07 Å². The number of halogens is 2. The fraction of sp³-hybridized carbons (Fsp3) is 0.154. The lowest BCUT2D eigenvalue weighted by Crippen LogP contribution is -2.23. The van der Waals surface area contributed by atoms with Crippen LogP contribution in [0.2, 0.25) is 0 Å². The Morgan fingerprint density at radius 1 is 0.970 bits per heavy atom. The van der Waals surface area contributed by atoms with Crippen LogP contribution in [0.1, 0.15) is 28.4 Å². The second kappa shape index (κ2) is 9.65. The molecule has 0 radical (unpaired) electrons. The summed E-state index contributed by atoms with van der Waals surface area (Å²) in [5, 5.41) is 7.42. The maximum Gasteiger partial charge on any atom is 0.236 e. The summed E-state index contributed by atoms with van der Waals surface area (Å²) in [6.45, 7) is 3.48. The Bertz CT molecular complexity index is 1220. The highest BCUT2D eigenvalue weighted by Crippen LogP contribution is 2.28. The minimum absolute atomic E-state index is 0.0808. The molecule has 1 aromatic heterocycles. The average molecular weight is 447 g/mol. The number of rotatable bonds is 7. The van der Waals surface area contributed by atoms with Gasteiger partial charge in [-0.25, -0.2) is 13.5 Å². The van der Waals surface area contributed by atoms with Crippen molar-refractivity contribution in [1.82, 2.24) is 9.78 Å². The predicted molar refractivity (Wildman–Crippen MR) is 122 cm³/mol. The van der Waals surface area contributed by atoms with Crippen molar-refractivity contribution in [1.29, 1.82) is 0 Å². The Kier molecular flexibility index (Phi) is 6.49. The van der Waals surface area contributed by atoms with Crippen LogP contribution in [-0.4, -0.2) is 15.7 Å². The Hall–Kier alpha value is -4.00. The summed E-state index contributed by atoms with van der Waals surface area (Å²) in [4.78, 5) is 13.4. The number of nitrogens with one attached hydrogen (secondary N) is 1. The second-order valence-corrected chi connectivity index (χ2v) is 7.64. The molecule has 168 valence electrons. The highest BCUT2D eigenvalue weighted by molar-refractivity contribution is 5.99. The molecular formula is C26H23F2N3O2. The van der Waals surface area contributed by atoms with Gasteiger partial charge in [0.05, 0.1) is 23.0 Å². The molecule has 1 heterocycles. The Morgan fingerprint density at radius 3 is 2.15 bits per heavy atom. The Balaban J connectivity index is 1.56. The Morgan fingerprint density at radius 2 is 1.58 bits per heavy atom. The molecule has 33 heavy (non-hydrogen) atoms. The van der Waals surface area contributed by atoms with Crippen LogP contribution in [0.15, 0.2) is 78.9 Å². The number of hydrogen-bond acceptors (Lipinski definition) is 3. The minimum atomic E-state index is -0.793. The number of carbonyl (C=O) groups is 1. The van der Waals surface area contributed by atoms with Crippen LogP contribution >= 0.6 is 0 Å². The van der Waals surface area contributed by atoms with E-state index in [-0.39, 0.29) is 18.4 Å². The van der Waals surface area contributed by atoms with Gasteiger partial charge in [0.25, 0.3) is 0 Å². The van der Waals surface area contributed by atoms with Crippen molar-refractivity contribution in [3.8, 4) is 5.75 Å². The molecule has 0 atom stereocenters. The lowest BCUT2D eigenvalue weighted by Gasteiger charge is -2.18. The zero-order valence-corrected chi connectivity index (χ0v) is 18.3. The van der Waals surface area contributed by atoms with E-state index in [0.29, 0.717) is 17.1 Å². The van der Waals surface area contributed by atoms with Crippen LogP contribution in [0.3, 0.4) is 0 Å². The number of carbonyl (C=O) groups excluding carboxylic acids is 1. The van der Waals surface area contributed by atoms with E-state index in [1.165, 1.54) is 10.7 Å². The van der Waals surface area contributed by atoms with Crippen LogP contribution in [0.25, 0.3) is 0 Å². The zero-order chi connectivity index (χ0) is 23.4. The first kappa shape index (κ1) is 22.2. The minimum Gasteiger partial charge on any atom is -0.468 e. The van der Waals surface area contributed by atoms with Crippen LogP contribution in [0.4, 0.5) is 14.5 Å². The third-order valence-corrected chi connectivity index (χ3v) is 5.39. The van der Waals surface area contributed by atoms with Gasteiger partial charge in [-0.2, -0.15) is 5.10 Å². The molecule has 4 aromatic rings. The van der Waals surface area contributed by atoms with Crippen LogP contribution in [0.5, 0.6) is 5.75 Å². The maximum absolute atomic E-state index is 13.9. The van der Waals surface area contributed by atoms with E-state index >= 15 is 0 Å². The maximum atomic E-state index is 13.9. The molecule has 0 aliphatic carbocycles. The van der Waals surface area contributed by atoms with Crippen LogP contribution in [0, 0.1) is 25.5 Å². The molecule has 5 nitrogen and oxygen atoms in total. The summed E-state index contributed by atoms with van der Waals surface area (Å²) in [6, 6.07) is 22.2. The molecule has 0 spiro atoms. The molecule has 1 amide bonds. The molecule has 7 heteroatoms. The fourth-order valence-corrected chi connectivity index (χ4v) is 3.71. The molecule has 3 aromatic carbocycles. The van der Waals surface area contributed by atoms with E-state index < -0.39 is 17.6 Å². The largest absolute Gasteiger partial charge is 0.468 e. The summed E-state index contributed by atoms with van der Waals surface area (Å²) in [5.74, 6) is -2.24. The molecule has 1 N–H and O–H groups in total. The van der Waals surface area contributed by atoms with Crippen LogP contribution < -0.4 is 10.1 Å². The molecule has 0 aliphatic heterocycles. The van der Waals surface area contributed by atoms with Gasteiger partial charge in [0.15, 0.2) is 18.3 Å². The molecule has 0 aliphatic rings. The number of ether oxygens (including phenoxy) is 1. The van der Waals surface area contributed by atoms with Gasteiger partial charge in [-0.15, -0.1) is 0 Å². The SMILES string of the molecule is Cc1nn(COc2ccc(F)cc2F)c(C)c1NC(=O)C(c1ccccc1)c1ccccc1. The van der Waals surface area contributed by atoms with Gasteiger partial charge in [0.1, 0.15) is 5.82 Å². The molecule has 0 bridgehead atoms. The predicted octanol–water partition coefficient (Wildman–Crippen LogP) is 5.59. The van der Waals surface area contributed by atoms with E-state index in [4.69, 9.17) is 4.74 Å². The van der Waals surface area contributed by atoms with Crippen LogP contribution in [-0.2, 0) is 11.5 Å². The average Bonchev–Trinajstić information content (AvgIpc) is 3.07. The fourth-order valence-electron chi connectivity index (χ4n) is 3.71. The van der Waals surface area contributed by atoms with E-state index in [9.17, 15) is 13.6 Å². The number of aryl methyl sites for hydroxylation is 1. The monoisotopic (exact) mass is 447 g/mol. The lowest BCUT2D eigenvalue weighted by atomic mass is 9.90. The summed E-state index contributed by atoms with van der Waals surface area (Å²) >= 11 is 0. The van der Waals surface area contributed by atoms with Crippen molar-refractivity contribution in [3.05, 3.63) is 113 Å². The van der Waals surface area contributed by atoms with Crippen molar-refractivity contribution in [2.75, 3.05) is 5.32 Å². The van der Waals surface area contributed by atoms with E-state index in [1.807, 2.05) is 60.7 Å². The highest BCUT2D eigenvalue weighted by Gasteiger charge is 2.25. The molecule has 0 saturated carbocycles. The van der Waals surface area contributed by atoms with Gasteiger partial charge in [-0.05, 0) is 37.1 Å². The summed E-state index contributed by atoms with van der Waals surface area (Å²) in [6.07, 6.45) is 0. The van der Waals surface area contributed by atoms with Gasteiger partial charge in [-0.3, -0.25) is 4.79 Å². The third kappa shape index (κ3) is 4.92. The Labute approximate surface area is 190 Å². The topological polar surface area (TPSA) is 56.1 Å². The number of benzene rings is 3. The van der Waals surface area contributed by atoms with Crippen molar-refractivity contribution in [2.24, 2.45) is 0 Å². The highest BCUT2D eigenvalue weighted by atomic mass is 19.1. The molecule has 0 saturated heterocycles. The quantitative estimate of drug-likeness (QED) is 0.402. The first-order chi connectivity index (χ1) is 15.9. The van der Waals surface area contributed by atoms with Gasteiger partial charge in [-0.1, -0.05) is 60.7 Å². The normalized spacial score (nSPS) is 10.9. The second-order valence-electron chi connectivity index (χ2n) is 7.64. The van der Waals surface area contributed by atoms with Gasteiger partial charge >= 0.3 is 0 Å². The van der Waals surface area contributed by atoms with Crippen molar-refractivity contribution in [2.45, 2.75) is 26.5 Å². The van der Waals surface area contributed by atoms with Crippen molar-refractivity contribution >= 4 is 11.6 Å². The number of nitrogens with zero attached hydrogens (tertiary/aromatic N) is 2. The number of hydrogen-bond donors (Lipinski definition) is 1. The first-order valence-corrected chi connectivity index (χ1v) is 10.5. The van der Waals surface area contributed by atoms with Gasteiger partial charge in [0.2, 0.25) is 5.91 Å². The number of anilines is 1. The molecule has 0 fully saturated rings.